The number of nitro groups is 2. The zero-order valence-electron chi connectivity index (χ0n) is 14.3. The van der Waals surface area contributed by atoms with Gasteiger partial charge in [0.25, 0.3) is 5.69 Å². The molecule has 3 aromatic rings. The van der Waals surface area contributed by atoms with E-state index in [1.54, 1.807) is 0 Å². The van der Waals surface area contributed by atoms with Gasteiger partial charge >= 0.3 is 5.69 Å². The number of allylic oxidation sites excluding steroid dienone is 1. The van der Waals surface area contributed by atoms with Gasteiger partial charge in [-0.05, 0) is 34.5 Å². The molecule has 9 heteroatoms. The topological polar surface area (TPSA) is 111 Å². The first kappa shape index (κ1) is 19.0. The number of halogens is 1. The lowest BCUT2D eigenvalue weighted by atomic mass is 10.1. The lowest BCUT2D eigenvalue weighted by molar-refractivity contribution is -0.393. The molecule has 0 aliphatic heterocycles. The Labute approximate surface area is 164 Å². The predicted octanol–water partition coefficient (Wildman–Crippen LogP) is 5.33. The van der Waals surface area contributed by atoms with Crippen LogP contribution in [0, 0.1) is 20.2 Å². The first-order chi connectivity index (χ1) is 13.5. The summed E-state index contributed by atoms with van der Waals surface area (Å²) < 4.78 is 0. The van der Waals surface area contributed by atoms with Gasteiger partial charge in [-0.15, -0.1) is 0 Å². The van der Waals surface area contributed by atoms with Crippen LogP contribution in [0.5, 0.6) is 0 Å². The average molecular weight is 397 g/mol. The van der Waals surface area contributed by atoms with Gasteiger partial charge in [0, 0.05) is 17.3 Å². The Morgan fingerprint density at radius 2 is 1.71 bits per heavy atom. The fraction of sp³-hybridized carbons (Fsp3) is 0. The van der Waals surface area contributed by atoms with E-state index in [0.717, 1.165) is 28.5 Å². The number of fused-ring (bicyclic) bond motifs is 1. The number of nitro benzene ring substituents is 2. The fourth-order valence-corrected chi connectivity index (χ4v) is 2.70. The van der Waals surface area contributed by atoms with Crippen molar-refractivity contribution >= 4 is 50.7 Å². The third kappa shape index (κ3) is 4.30. The Morgan fingerprint density at radius 3 is 2.43 bits per heavy atom. The van der Waals surface area contributed by atoms with Gasteiger partial charge in [0.05, 0.1) is 15.9 Å². The minimum Gasteiger partial charge on any atom is -0.272 e. The van der Waals surface area contributed by atoms with Gasteiger partial charge in [0.1, 0.15) is 5.69 Å². The molecule has 0 saturated carbocycles. The van der Waals surface area contributed by atoms with E-state index < -0.39 is 15.5 Å². The Morgan fingerprint density at radius 1 is 0.964 bits per heavy atom. The second-order valence-electron chi connectivity index (χ2n) is 5.68. The van der Waals surface area contributed by atoms with Crippen LogP contribution in [-0.2, 0) is 0 Å². The highest BCUT2D eigenvalue weighted by Crippen LogP contribution is 2.29. The van der Waals surface area contributed by atoms with Gasteiger partial charge in [0.15, 0.2) is 0 Å². The molecule has 1 N–H and O–H groups in total. The van der Waals surface area contributed by atoms with Crippen molar-refractivity contribution in [1.29, 1.82) is 0 Å². The smallest absolute Gasteiger partial charge is 0.272 e. The molecule has 0 bridgehead atoms. The highest BCUT2D eigenvalue weighted by molar-refractivity contribution is 6.49. The minimum atomic E-state index is -0.719. The van der Waals surface area contributed by atoms with E-state index in [1.165, 1.54) is 18.4 Å². The molecule has 3 rings (SSSR count). The highest BCUT2D eigenvalue weighted by Gasteiger charge is 2.18. The number of non-ortho nitro benzene ring substituents is 1. The van der Waals surface area contributed by atoms with Crippen LogP contribution in [0.2, 0.25) is 0 Å². The monoisotopic (exact) mass is 396 g/mol. The van der Waals surface area contributed by atoms with Crippen LogP contribution < -0.4 is 5.43 Å². The molecule has 0 radical (unpaired) electrons. The van der Waals surface area contributed by atoms with E-state index in [-0.39, 0.29) is 11.4 Å². The van der Waals surface area contributed by atoms with Gasteiger partial charge in [-0.1, -0.05) is 48.0 Å². The second kappa shape index (κ2) is 8.28. The molecule has 0 unspecified atom stereocenters. The molecular weight excluding hydrogens is 384 g/mol. The number of hydrogen-bond acceptors (Lipinski definition) is 6. The molecule has 0 saturated heterocycles. The van der Waals surface area contributed by atoms with Crippen molar-refractivity contribution in [2.45, 2.75) is 0 Å². The van der Waals surface area contributed by atoms with Crippen LogP contribution in [0.3, 0.4) is 0 Å². The maximum absolute atomic E-state index is 11.1. The Bertz CT molecular complexity index is 1130. The Balaban J connectivity index is 1.76. The normalized spacial score (nSPS) is 11.7. The summed E-state index contributed by atoms with van der Waals surface area (Å²) in [6.07, 6.45) is 2.89. The molecule has 0 aromatic heterocycles. The van der Waals surface area contributed by atoms with Crippen molar-refractivity contribution in [1.82, 2.24) is 0 Å². The lowest BCUT2D eigenvalue weighted by Gasteiger charge is -2.02. The van der Waals surface area contributed by atoms with Crippen molar-refractivity contribution in [3.05, 3.63) is 92.5 Å². The average Bonchev–Trinajstić information content (AvgIpc) is 2.70. The zero-order valence-corrected chi connectivity index (χ0v) is 15.0. The van der Waals surface area contributed by atoms with Gasteiger partial charge in [-0.3, -0.25) is 25.7 Å². The van der Waals surface area contributed by atoms with Crippen LogP contribution in [0.25, 0.3) is 15.8 Å². The quantitative estimate of drug-likeness (QED) is 0.343. The first-order valence-corrected chi connectivity index (χ1v) is 8.40. The number of hydrogen-bond donors (Lipinski definition) is 1. The first-order valence-electron chi connectivity index (χ1n) is 8.02. The molecular formula is C19H13ClN4O4. The molecule has 0 fully saturated rings. The largest absolute Gasteiger partial charge is 0.301 e. The Kier molecular flexibility index (Phi) is 5.61. The summed E-state index contributed by atoms with van der Waals surface area (Å²) in [6, 6.07) is 16.9. The molecule has 8 nitrogen and oxygen atoms in total. The summed E-state index contributed by atoms with van der Waals surface area (Å²) in [4.78, 5) is 20.4. The van der Waals surface area contributed by atoms with Crippen LogP contribution in [0.1, 0.15) is 5.56 Å². The van der Waals surface area contributed by atoms with Crippen molar-refractivity contribution in [2.24, 2.45) is 5.10 Å². The zero-order chi connectivity index (χ0) is 20.1. The third-order valence-electron chi connectivity index (χ3n) is 3.89. The summed E-state index contributed by atoms with van der Waals surface area (Å²) in [7, 11) is 0. The number of rotatable bonds is 6. The Hall–Kier alpha value is -3.78. The summed E-state index contributed by atoms with van der Waals surface area (Å²) in [5.41, 5.74) is 2.51. The number of hydrazone groups is 1. The van der Waals surface area contributed by atoms with Crippen molar-refractivity contribution in [2.75, 3.05) is 5.43 Å². The van der Waals surface area contributed by atoms with Crippen molar-refractivity contribution in [3.8, 4) is 0 Å². The number of nitrogens with zero attached hydrogens (tertiary/aromatic N) is 3. The molecule has 0 spiro atoms. The third-order valence-corrected chi connectivity index (χ3v) is 4.24. The van der Waals surface area contributed by atoms with Crippen molar-refractivity contribution < 1.29 is 9.85 Å². The van der Waals surface area contributed by atoms with Gasteiger partial charge in [-0.2, -0.15) is 5.10 Å². The molecule has 28 heavy (non-hydrogen) atoms. The number of benzene rings is 3. The van der Waals surface area contributed by atoms with Crippen LogP contribution >= 0.6 is 11.6 Å². The molecule has 0 heterocycles. The standard InChI is InChI=1S/C19H13ClN4O4/c20-17(15-6-5-13-3-1-2-4-14(13)11-15)9-10-21-22-18-8-7-16(23(25)26)12-19(18)24(27)28/h1-12,22H. The van der Waals surface area contributed by atoms with Gasteiger partial charge < -0.3 is 0 Å². The van der Waals surface area contributed by atoms with Gasteiger partial charge in [-0.25, -0.2) is 0 Å². The summed E-state index contributed by atoms with van der Waals surface area (Å²) >= 11 is 6.28. The molecule has 140 valence electrons. The van der Waals surface area contributed by atoms with E-state index in [1.807, 2.05) is 42.5 Å². The maximum atomic E-state index is 11.1. The summed E-state index contributed by atoms with van der Waals surface area (Å²) in [6.45, 7) is 0. The highest BCUT2D eigenvalue weighted by atomic mass is 35.5. The van der Waals surface area contributed by atoms with Crippen LogP contribution in [-0.4, -0.2) is 16.1 Å². The molecule has 0 amide bonds. The van der Waals surface area contributed by atoms with E-state index in [9.17, 15) is 20.2 Å². The fourth-order valence-electron chi connectivity index (χ4n) is 2.52. The second-order valence-corrected chi connectivity index (χ2v) is 6.09. The van der Waals surface area contributed by atoms with E-state index >= 15 is 0 Å². The van der Waals surface area contributed by atoms with Gasteiger partial charge in [0.2, 0.25) is 0 Å². The predicted molar refractivity (Wildman–Crippen MR) is 110 cm³/mol. The van der Waals surface area contributed by atoms with Crippen molar-refractivity contribution in [3.63, 3.8) is 0 Å². The van der Waals surface area contributed by atoms with E-state index in [0.29, 0.717) is 5.03 Å². The summed E-state index contributed by atoms with van der Waals surface area (Å²) in [5.74, 6) is 0. The molecule has 0 atom stereocenters. The van der Waals surface area contributed by atoms with Crippen LogP contribution in [0.4, 0.5) is 17.1 Å². The van der Waals surface area contributed by atoms with E-state index in [4.69, 9.17) is 11.6 Å². The molecule has 3 aromatic carbocycles. The summed E-state index contributed by atoms with van der Waals surface area (Å²) in [5, 5.41) is 28.3. The molecule has 0 aliphatic rings. The minimum absolute atomic E-state index is 0.0297. The number of anilines is 1. The van der Waals surface area contributed by atoms with E-state index in [2.05, 4.69) is 10.5 Å². The van der Waals surface area contributed by atoms with Crippen LogP contribution in [0.15, 0.2) is 71.8 Å². The SMILES string of the molecule is O=[N+]([O-])c1ccc(NN=CC=C(Cl)c2ccc3ccccc3c2)c([N+](=O)[O-])c1. The maximum Gasteiger partial charge on any atom is 0.301 e. The molecule has 0 aliphatic carbocycles. The lowest BCUT2D eigenvalue weighted by Crippen LogP contribution is -1.98. The number of nitrogens with one attached hydrogen (secondary N) is 1.